The van der Waals surface area contributed by atoms with E-state index < -0.39 is 0 Å². The molecule has 0 bridgehead atoms. The van der Waals surface area contributed by atoms with Gasteiger partial charge < -0.3 is 10.1 Å². The zero-order chi connectivity index (χ0) is 25.1. The number of piperazine rings is 1. The summed E-state index contributed by atoms with van der Waals surface area (Å²) in [5.74, 6) is 1.43. The summed E-state index contributed by atoms with van der Waals surface area (Å²) < 4.78 is 7.63. The first-order chi connectivity index (χ1) is 17.5. The summed E-state index contributed by atoms with van der Waals surface area (Å²) in [6.45, 7) is 7.63. The second-order valence-electron chi connectivity index (χ2n) is 9.57. The van der Waals surface area contributed by atoms with Crippen LogP contribution < -0.4 is 10.1 Å². The summed E-state index contributed by atoms with van der Waals surface area (Å²) in [5, 5.41) is 11.9. The van der Waals surface area contributed by atoms with Crippen LogP contribution in [0.5, 0.6) is 5.75 Å². The predicted octanol–water partition coefficient (Wildman–Crippen LogP) is 4.26. The maximum atomic E-state index is 13.0. The SMILES string of the molecule is CC(C)Oc1ccc(NC(=O)c2ccc3nnc(C4CN(Cc5ccccc5)CCN4C)n3c2)cc1. The quantitative estimate of drug-likeness (QED) is 0.423. The molecule has 2 aromatic carbocycles. The van der Waals surface area contributed by atoms with Crippen molar-refractivity contribution in [1.29, 1.82) is 0 Å². The molecular formula is C28H32N6O2. The molecule has 4 aromatic rings. The lowest BCUT2D eigenvalue weighted by atomic mass is 10.1. The molecule has 0 aliphatic carbocycles. The van der Waals surface area contributed by atoms with Crippen LogP contribution in [0.3, 0.4) is 0 Å². The largest absolute Gasteiger partial charge is 0.491 e. The average Bonchev–Trinajstić information content (AvgIpc) is 3.30. The lowest BCUT2D eigenvalue weighted by Crippen LogP contribution is -2.46. The molecular weight excluding hydrogens is 452 g/mol. The van der Waals surface area contributed by atoms with Crippen LogP contribution in [0.25, 0.3) is 5.65 Å². The van der Waals surface area contributed by atoms with Crippen molar-refractivity contribution in [3.63, 3.8) is 0 Å². The number of hydrogen-bond acceptors (Lipinski definition) is 6. The topological polar surface area (TPSA) is 75.0 Å². The summed E-state index contributed by atoms with van der Waals surface area (Å²) >= 11 is 0. The van der Waals surface area contributed by atoms with Gasteiger partial charge in [0.1, 0.15) is 5.75 Å². The molecule has 2 aromatic heterocycles. The Balaban J connectivity index is 1.33. The van der Waals surface area contributed by atoms with Crippen LogP contribution in [-0.4, -0.2) is 63.1 Å². The van der Waals surface area contributed by atoms with Gasteiger partial charge in [-0.15, -0.1) is 10.2 Å². The van der Waals surface area contributed by atoms with Crippen molar-refractivity contribution in [1.82, 2.24) is 24.4 Å². The number of hydrogen-bond donors (Lipinski definition) is 1. The number of nitrogens with zero attached hydrogens (tertiary/aromatic N) is 5. The van der Waals surface area contributed by atoms with Crippen molar-refractivity contribution in [2.75, 3.05) is 32.0 Å². The van der Waals surface area contributed by atoms with E-state index in [2.05, 4.69) is 56.6 Å². The minimum Gasteiger partial charge on any atom is -0.491 e. The first kappa shape index (κ1) is 24.0. The first-order valence-electron chi connectivity index (χ1n) is 12.4. The number of anilines is 1. The van der Waals surface area contributed by atoms with Gasteiger partial charge in [-0.2, -0.15) is 0 Å². The average molecular weight is 485 g/mol. The highest BCUT2D eigenvalue weighted by molar-refractivity contribution is 6.04. The third-order valence-corrected chi connectivity index (χ3v) is 6.45. The Kier molecular flexibility index (Phi) is 6.97. The van der Waals surface area contributed by atoms with Crippen LogP contribution in [-0.2, 0) is 6.54 Å². The van der Waals surface area contributed by atoms with E-state index in [4.69, 9.17) is 4.74 Å². The monoisotopic (exact) mass is 484 g/mol. The Morgan fingerprint density at radius 1 is 1.03 bits per heavy atom. The van der Waals surface area contributed by atoms with Gasteiger partial charge in [0, 0.05) is 38.1 Å². The highest BCUT2D eigenvalue weighted by atomic mass is 16.5. The minimum absolute atomic E-state index is 0.0734. The molecule has 1 aliphatic rings. The summed E-state index contributed by atoms with van der Waals surface area (Å²) in [6, 6.07) is 21.6. The maximum Gasteiger partial charge on any atom is 0.257 e. The van der Waals surface area contributed by atoms with E-state index in [0.717, 1.165) is 43.4 Å². The van der Waals surface area contributed by atoms with Crippen molar-refractivity contribution in [2.45, 2.75) is 32.5 Å². The van der Waals surface area contributed by atoms with Gasteiger partial charge >= 0.3 is 0 Å². The highest BCUT2D eigenvalue weighted by Gasteiger charge is 2.29. The molecule has 0 spiro atoms. The molecule has 1 N–H and O–H groups in total. The fourth-order valence-electron chi connectivity index (χ4n) is 4.56. The van der Waals surface area contributed by atoms with Crippen molar-refractivity contribution in [3.8, 4) is 5.75 Å². The van der Waals surface area contributed by atoms with Crippen LogP contribution in [0.2, 0.25) is 0 Å². The molecule has 0 radical (unpaired) electrons. The Bertz CT molecular complexity index is 1320. The molecule has 8 nitrogen and oxygen atoms in total. The smallest absolute Gasteiger partial charge is 0.257 e. The number of pyridine rings is 1. The van der Waals surface area contributed by atoms with Crippen LogP contribution in [0.1, 0.15) is 41.6 Å². The van der Waals surface area contributed by atoms with Crippen molar-refractivity contribution < 1.29 is 9.53 Å². The van der Waals surface area contributed by atoms with Crippen LogP contribution in [0, 0.1) is 0 Å². The second-order valence-corrected chi connectivity index (χ2v) is 9.57. The fraction of sp³-hybridized carbons (Fsp3) is 0.321. The zero-order valence-corrected chi connectivity index (χ0v) is 21.0. The Labute approximate surface area is 211 Å². The number of nitrogens with one attached hydrogen (secondary N) is 1. The van der Waals surface area contributed by atoms with Crippen molar-refractivity contribution in [3.05, 3.63) is 89.9 Å². The van der Waals surface area contributed by atoms with Gasteiger partial charge in [0.05, 0.1) is 17.7 Å². The number of benzene rings is 2. The Morgan fingerprint density at radius 2 is 1.81 bits per heavy atom. The van der Waals surface area contributed by atoms with Gasteiger partial charge in [0.2, 0.25) is 0 Å². The summed E-state index contributed by atoms with van der Waals surface area (Å²) in [4.78, 5) is 17.8. The number of aromatic nitrogens is 3. The second kappa shape index (κ2) is 10.5. The maximum absolute atomic E-state index is 13.0. The lowest BCUT2D eigenvalue weighted by Gasteiger charge is -2.38. The first-order valence-corrected chi connectivity index (χ1v) is 12.4. The number of amides is 1. The molecule has 3 heterocycles. The normalized spacial score (nSPS) is 16.9. The van der Waals surface area contributed by atoms with Gasteiger partial charge in [0.15, 0.2) is 11.5 Å². The molecule has 1 fully saturated rings. The van der Waals surface area contributed by atoms with Crippen molar-refractivity contribution in [2.24, 2.45) is 0 Å². The number of carbonyl (C=O) groups is 1. The number of rotatable bonds is 7. The zero-order valence-electron chi connectivity index (χ0n) is 21.0. The van der Waals surface area contributed by atoms with Gasteiger partial charge in [-0.05, 0) is 62.9 Å². The van der Waals surface area contributed by atoms with Crippen LogP contribution in [0.15, 0.2) is 72.9 Å². The molecule has 1 saturated heterocycles. The number of fused-ring (bicyclic) bond motifs is 1. The molecule has 0 saturated carbocycles. The molecule has 1 aliphatic heterocycles. The number of carbonyl (C=O) groups excluding carboxylic acids is 1. The van der Waals surface area contributed by atoms with Crippen LogP contribution in [0.4, 0.5) is 5.69 Å². The van der Waals surface area contributed by atoms with E-state index >= 15 is 0 Å². The van der Waals surface area contributed by atoms with E-state index in [-0.39, 0.29) is 18.1 Å². The third kappa shape index (κ3) is 5.40. The van der Waals surface area contributed by atoms with E-state index in [1.54, 1.807) is 6.07 Å². The predicted molar refractivity (Wildman–Crippen MR) is 140 cm³/mol. The van der Waals surface area contributed by atoms with E-state index in [9.17, 15) is 4.79 Å². The minimum atomic E-state index is -0.184. The van der Waals surface area contributed by atoms with E-state index in [1.165, 1.54) is 5.56 Å². The van der Waals surface area contributed by atoms with E-state index in [0.29, 0.717) is 11.3 Å². The summed E-state index contributed by atoms with van der Waals surface area (Å²) in [5.41, 5.74) is 3.29. The molecule has 1 atom stereocenters. The molecule has 1 amide bonds. The van der Waals surface area contributed by atoms with Gasteiger partial charge in [0.25, 0.3) is 5.91 Å². The Hall–Kier alpha value is -3.75. The molecule has 1 unspecified atom stereocenters. The summed E-state index contributed by atoms with van der Waals surface area (Å²) in [7, 11) is 2.12. The van der Waals surface area contributed by atoms with Gasteiger partial charge in [-0.25, -0.2) is 0 Å². The number of likely N-dealkylation sites (N-methyl/N-ethyl adjacent to an activating group) is 1. The molecule has 36 heavy (non-hydrogen) atoms. The lowest BCUT2D eigenvalue weighted by molar-refractivity contribution is 0.0852. The summed E-state index contributed by atoms with van der Waals surface area (Å²) in [6.07, 6.45) is 1.93. The van der Waals surface area contributed by atoms with Gasteiger partial charge in [-0.1, -0.05) is 30.3 Å². The molecule has 8 heteroatoms. The van der Waals surface area contributed by atoms with Crippen molar-refractivity contribution >= 4 is 17.2 Å². The fourth-order valence-corrected chi connectivity index (χ4v) is 4.56. The molecule has 186 valence electrons. The Morgan fingerprint density at radius 3 is 2.56 bits per heavy atom. The molecule has 5 rings (SSSR count). The van der Waals surface area contributed by atoms with E-state index in [1.807, 2.05) is 60.8 Å². The highest BCUT2D eigenvalue weighted by Crippen LogP contribution is 2.25. The number of ether oxygens (including phenoxy) is 1. The van der Waals surface area contributed by atoms with Crippen LogP contribution >= 0.6 is 0 Å². The third-order valence-electron chi connectivity index (χ3n) is 6.45. The standard InChI is InChI=1S/C28H32N6O2/c1-20(2)36-24-12-10-23(11-13-24)29-28(35)22-9-14-26-30-31-27(34(26)18-22)25-19-33(16-15-32(25)3)17-21-7-5-4-6-8-21/h4-14,18,20,25H,15-17,19H2,1-3H3,(H,29,35). The van der Waals surface area contributed by atoms with Gasteiger partial charge in [-0.3, -0.25) is 19.0 Å².